The van der Waals surface area contributed by atoms with Crippen molar-refractivity contribution in [2.45, 2.75) is 0 Å². The number of methoxy groups -OCH3 is 2. The van der Waals surface area contributed by atoms with Crippen LogP contribution in [-0.4, -0.2) is 23.8 Å². The Hall–Kier alpha value is -1.97. The summed E-state index contributed by atoms with van der Waals surface area (Å²) in [6, 6.07) is 5.69. The first-order chi connectivity index (χ1) is 7.74. The predicted molar refractivity (Wildman–Crippen MR) is 61.7 cm³/mol. The summed E-state index contributed by atoms with van der Waals surface area (Å²) in [7, 11) is 5.21. The summed E-state index contributed by atoms with van der Waals surface area (Å²) in [5.41, 5.74) is 1.85. The van der Waals surface area contributed by atoms with E-state index in [0.717, 1.165) is 22.8 Å². The number of ether oxygens (including phenoxy) is 2. The summed E-state index contributed by atoms with van der Waals surface area (Å²) in [5, 5.41) is 0. The van der Waals surface area contributed by atoms with E-state index in [1.54, 1.807) is 20.5 Å². The monoisotopic (exact) mass is 218 g/mol. The highest BCUT2D eigenvalue weighted by Crippen LogP contribution is 2.31. The van der Waals surface area contributed by atoms with Crippen LogP contribution in [0, 0.1) is 0 Å². The molecule has 4 nitrogen and oxygen atoms in total. The van der Waals surface area contributed by atoms with Crippen LogP contribution in [0.15, 0.2) is 30.7 Å². The Morgan fingerprint density at radius 2 is 2.00 bits per heavy atom. The van der Waals surface area contributed by atoms with E-state index in [2.05, 4.69) is 4.98 Å². The van der Waals surface area contributed by atoms with Crippen LogP contribution in [0.1, 0.15) is 0 Å². The lowest BCUT2D eigenvalue weighted by Gasteiger charge is -2.08. The number of nitrogens with zero attached hydrogens (tertiary/aromatic N) is 2. The molecule has 1 aromatic heterocycles. The lowest BCUT2D eigenvalue weighted by Crippen LogP contribution is -1.90. The summed E-state index contributed by atoms with van der Waals surface area (Å²) in [5.74, 6) is 1.54. The number of hydrogen-bond acceptors (Lipinski definition) is 3. The summed E-state index contributed by atoms with van der Waals surface area (Å²) < 4.78 is 12.4. The summed E-state index contributed by atoms with van der Waals surface area (Å²) in [4.78, 5) is 4.29. The van der Waals surface area contributed by atoms with Gasteiger partial charge in [-0.25, -0.2) is 4.98 Å². The Kier molecular flexibility index (Phi) is 2.81. The fourth-order valence-electron chi connectivity index (χ4n) is 1.56. The number of aryl methyl sites for hydroxylation is 1. The van der Waals surface area contributed by atoms with Crippen LogP contribution >= 0.6 is 0 Å². The molecule has 2 rings (SSSR count). The Labute approximate surface area is 94.4 Å². The average Bonchev–Trinajstić information content (AvgIpc) is 2.74. The van der Waals surface area contributed by atoms with Crippen molar-refractivity contribution >= 4 is 0 Å². The Morgan fingerprint density at radius 3 is 2.56 bits per heavy atom. The summed E-state index contributed by atoms with van der Waals surface area (Å²) in [6.45, 7) is 0. The molecular formula is C12H14N2O2. The van der Waals surface area contributed by atoms with Gasteiger partial charge >= 0.3 is 0 Å². The molecule has 4 heteroatoms. The van der Waals surface area contributed by atoms with Gasteiger partial charge in [0.15, 0.2) is 0 Å². The first-order valence-corrected chi connectivity index (χ1v) is 4.95. The molecule has 0 amide bonds. The Balaban J connectivity index is 2.48. The van der Waals surface area contributed by atoms with Crippen molar-refractivity contribution in [1.29, 1.82) is 0 Å². The first kappa shape index (κ1) is 10.5. The second kappa shape index (κ2) is 4.26. The second-order valence-electron chi connectivity index (χ2n) is 3.49. The van der Waals surface area contributed by atoms with E-state index in [1.165, 1.54) is 0 Å². The molecule has 0 N–H and O–H groups in total. The zero-order valence-electron chi connectivity index (χ0n) is 9.60. The molecule has 16 heavy (non-hydrogen) atoms. The molecule has 0 aliphatic heterocycles. The normalized spacial score (nSPS) is 10.2. The molecule has 1 heterocycles. The van der Waals surface area contributed by atoms with E-state index >= 15 is 0 Å². The fraction of sp³-hybridized carbons (Fsp3) is 0.250. The molecule has 1 aromatic carbocycles. The molecule has 0 saturated heterocycles. The average molecular weight is 218 g/mol. The van der Waals surface area contributed by atoms with E-state index in [4.69, 9.17) is 9.47 Å². The molecule has 0 radical (unpaired) electrons. The van der Waals surface area contributed by atoms with E-state index in [-0.39, 0.29) is 0 Å². The minimum Gasteiger partial charge on any atom is -0.497 e. The predicted octanol–water partition coefficient (Wildman–Crippen LogP) is 2.10. The SMILES string of the molecule is COc1ccc(-c2cn(C)cn2)c(OC)c1. The van der Waals surface area contributed by atoms with Crippen LogP contribution in [0.3, 0.4) is 0 Å². The topological polar surface area (TPSA) is 36.3 Å². The van der Waals surface area contributed by atoms with E-state index < -0.39 is 0 Å². The van der Waals surface area contributed by atoms with Crippen LogP contribution < -0.4 is 9.47 Å². The third kappa shape index (κ3) is 1.86. The molecule has 0 spiro atoms. The maximum absolute atomic E-state index is 5.32. The van der Waals surface area contributed by atoms with Gasteiger partial charge in [0, 0.05) is 24.9 Å². The van der Waals surface area contributed by atoms with Gasteiger partial charge in [-0.15, -0.1) is 0 Å². The number of imidazole rings is 1. The molecule has 0 bridgehead atoms. The van der Waals surface area contributed by atoms with Crippen molar-refractivity contribution < 1.29 is 9.47 Å². The van der Waals surface area contributed by atoms with Gasteiger partial charge in [-0.05, 0) is 12.1 Å². The molecule has 0 aliphatic carbocycles. The van der Waals surface area contributed by atoms with E-state index in [0.29, 0.717) is 0 Å². The minimum absolute atomic E-state index is 0.762. The van der Waals surface area contributed by atoms with Gasteiger partial charge in [-0.1, -0.05) is 0 Å². The van der Waals surface area contributed by atoms with Crippen LogP contribution in [0.5, 0.6) is 11.5 Å². The van der Waals surface area contributed by atoms with Gasteiger partial charge in [-0.2, -0.15) is 0 Å². The van der Waals surface area contributed by atoms with Gasteiger partial charge < -0.3 is 14.0 Å². The number of benzene rings is 1. The maximum Gasteiger partial charge on any atom is 0.132 e. The minimum atomic E-state index is 0.762. The molecule has 2 aromatic rings. The zero-order chi connectivity index (χ0) is 11.5. The molecule has 0 aliphatic rings. The lowest BCUT2D eigenvalue weighted by atomic mass is 10.1. The molecule has 0 atom stereocenters. The summed E-state index contributed by atoms with van der Waals surface area (Å²) >= 11 is 0. The largest absolute Gasteiger partial charge is 0.497 e. The van der Waals surface area contributed by atoms with Gasteiger partial charge in [-0.3, -0.25) is 0 Å². The smallest absolute Gasteiger partial charge is 0.132 e. The number of rotatable bonds is 3. The van der Waals surface area contributed by atoms with Crippen molar-refractivity contribution in [3.8, 4) is 22.8 Å². The van der Waals surface area contributed by atoms with Crippen molar-refractivity contribution in [2.75, 3.05) is 14.2 Å². The fourth-order valence-corrected chi connectivity index (χ4v) is 1.56. The second-order valence-corrected chi connectivity index (χ2v) is 3.49. The standard InChI is InChI=1S/C12H14N2O2/c1-14-7-11(13-8-14)10-5-4-9(15-2)6-12(10)16-3/h4-8H,1-3H3. The van der Waals surface area contributed by atoms with Crippen LogP contribution in [0.4, 0.5) is 0 Å². The lowest BCUT2D eigenvalue weighted by molar-refractivity contribution is 0.395. The van der Waals surface area contributed by atoms with Gasteiger partial charge in [0.1, 0.15) is 11.5 Å². The third-order valence-electron chi connectivity index (χ3n) is 2.39. The van der Waals surface area contributed by atoms with E-state index in [1.807, 2.05) is 36.0 Å². The zero-order valence-corrected chi connectivity index (χ0v) is 9.60. The highest BCUT2D eigenvalue weighted by atomic mass is 16.5. The highest BCUT2D eigenvalue weighted by Gasteiger charge is 2.09. The van der Waals surface area contributed by atoms with Crippen LogP contribution in [0.2, 0.25) is 0 Å². The van der Waals surface area contributed by atoms with Crippen molar-refractivity contribution in [2.24, 2.45) is 7.05 Å². The number of aromatic nitrogens is 2. The van der Waals surface area contributed by atoms with Crippen molar-refractivity contribution in [3.05, 3.63) is 30.7 Å². The number of hydrogen-bond donors (Lipinski definition) is 0. The molecule has 0 fully saturated rings. The summed E-state index contributed by atoms with van der Waals surface area (Å²) in [6.07, 6.45) is 3.71. The molecule has 0 saturated carbocycles. The maximum atomic E-state index is 5.32. The van der Waals surface area contributed by atoms with Gasteiger partial charge in [0.05, 0.1) is 26.2 Å². The van der Waals surface area contributed by atoms with Crippen molar-refractivity contribution in [1.82, 2.24) is 9.55 Å². The van der Waals surface area contributed by atoms with Gasteiger partial charge in [0.25, 0.3) is 0 Å². The molecular weight excluding hydrogens is 204 g/mol. The van der Waals surface area contributed by atoms with Crippen LogP contribution in [0.25, 0.3) is 11.3 Å². The molecule has 84 valence electrons. The Bertz CT molecular complexity index is 492. The Morgan fingerprint density at radius 1 is 1.19 bits per heavy atom. The third-order valence-corrected chi connectivity index (χ3v) is 2.39. The molecule has 0 unspecified atom stereocenters. The van der Waals surface area contributed by atoms with E-state index in [9.17, 15) is 0 Å². The first-order valence-electron chi connectivity index (χ1n) is 4.95. The van der Waals surface area contributed by atoms with Gasteiger partial charge in [0.2, 0.25) is 0 Å². The highest BCUT2D eigenvalue weighted by molar-refractivity contribution is 5.68. The van der Waals surface area contributed by atoms with Crippen molar-refractivity contribution in [3.63, 3.8) is 0 Å². The quantitative estimate of drug-likeness (QED) is 0.791. The van der Waals surface area contributed by atoms with Crippen LogP contribution in [-0.2, 0) is 7.05 Å².